The van der Waals surface area contributed by atoms with E-state index < -0.39 is 0 Å². The topological polar surface area (TPSA) is 56.1 Å². The number of aromatic nitrogens is 2. The maximum atomic E-state index is 12.2. The van der Waals surface area contributed by atoms with Crippen LogP contribution in [-0.2, 0) is 13.6 Å². The van der Waals surface area contributed by atoms with Gasteiger partial charge < -0.3 is 10.1 Å². The van der Waals surface area contributed by atoms with Crippen LogP contribution in [-0.4, -0.2) is 21.8 Å². The summed E-state index contributed by atoms with van der Waals surface area (Å²) >= 11 is 0. The Bertz CT molecular complexity index is 670. The van der Waals surface area contributed by atoms with Crippen molar-refractivity contribution in [2.75, 3.05) is 0 Å². The first-order chi connectivity index (χ1) is 11.1. The molecule has 0 unspecified atom stereocenters. The molecule has 5 heteroatoms. The van der Waals surface area contributed by atoms with Crippen molar-refractivity contribution in [3.05, 3.63) is 47.3 Å². The number of aryl methyl sites for hydroxylation is 1. The Morgan fingerprint density at radius 2 is 2.00 bits per heavy atom. The highest BCUT2D eigenvalue weighted by molar-refractivity contribution is 5.94. The van der Waals surface area contributed by atoms with Gasteiger partial charge in [0.15, 0.2) is 0 Å². The largest absolute Gasteiger partial charge is 0.490 e. The predicted octanol–water partition coefficient (Wildman–Crippen LogP) is 2.98. The average molecular weight is 313 g/mol. The molecule has 2 aromatic rings. The lowest BCUT2D eigenvalue weighted by molar-refractivity contribution is 0.0950. The summed E-state index contributed by atoms with van der Waals surface area (Å²) in [6.07, 6.45) is 6.81. The van der Waals surface area contributed by atoms with Gasteiger partial charge in [0.25, 0.3) is 5.91 Å². The van der Waals surface area contributed by atoms with Crippen molar-refractivity contribution in [1.29, 1.82) is 0 Å². The van der Waals surface area contributed by atoms with Gasteiger partial charge in [0.1, 0.15) is 5.75 Å². The maximum Gasteiger partial charge on any atom is 0.255 e. The molecule has 23 heavy (non-hydrogen) atoms. The first-order valence-electron chi connectivity index (χ1n) is 8.16. The second-order valence-electron chi connectivity index (χ2n) is 6.12. The van der Waals surface area contributed by atoms with E-state index in [1.54, 1.807) is 10.9 Å². The van der Waals surface area contributed by atoms with E-state index in [1.807, 2.05) is 38.2 Å². The number of nitrogens with zero attached hydrogens (tertiary/aromatic N) is 2. The molecular formula is C18H23N3O2. The van der Waals surface area contributed by atoms with Crippen LogP contribution >= 0.6 is 0 Å². The Morgan fingerprint density at radius 1 is 1.30 bits per heavy atom. The summed E-state index contributed by atoms with van der Waals surface area (Å²) in [5.41, 5.74) is 2.54. The SMILES string of the molecule is Cc1c(C(=O)NCc2ccc(OC3CCCC3)cc2)cnn1C. The number of carbonyl (C=O) groups is 1. The first kappa shape index (κ1) is 15.6. The summed E-state index contributed by atoms with van der Waals surface area (Å²) in [7, 11) is 1.83. The van der Waals surface area contributed by atoms with Crippen molar-refractivity contribution in [2.24, 2.45) is 7.05 Å². The van der Waals surface area contributed by atoms with Gasteiger partial charge in [-0.1, -0.05) is 12.1 Å². The molecule has 1 heterocycles. The van der Waals surface area contributed by atoms with Crippen molar-refractivity contribution >= 4 is 5.91 Å². The number of nitrogens with one attached hydrogen (secondary N) is 1. The number of carbonyl (C=O) groups excluding carboxylic acids is 1. The average Bonchev–Trinajstić information content (AvgIpc) is 3.17. The van der Waals surface area contributed by atoms with E-state index >= 15 is 0 Å². The van der Waals surface area contributed by atoms with Crippen LogP contribution in [0.4, 0.5) is 0 Å². The smallest absolute Gasteiger partial charge is 0.255 e. The molecule has 1 fully saturated rings. The zero-order valence-corrected chi connectivity index (χ0v) is 13.7. The van der Waals surface area contributed by atoms with E-state index in [2.05, 4.69) is 10.4 Å². The lowest BCUT2D eigenvalue weighted by atomic mass is 10.2. The Hall–Kier alpha value is -2.30. The Labute approximate surface area is 136 Å². The summed E-state index contributed by atoms with van der Waals surface area (Å²) < 4.78 is 7.64. The van der Waals surface area contributed by atoms with Gasteiger partial charge >= 0.3 is 0 Å². The summed E-state index contributed by atoms with van der Waals surface area (Å²) in [5, 5.41) is 7.02. The number of ether oxygens (including phenoxy) is 1. The van der Waals surface area contributed by atoms with Crippen LogP contribution in [0.15, 0.2) is 30.5 Å². The number of hydrogen-bond donors (Lipinski definition) is 1. The molecule has 0 atom stereocenters. The van der Waals surface area contributed by atoms with E-state index in [9.17, 15) is 4.79 Å². The number of hydrogen-bond acceptors (Lipinski definition) is 3. The molecule has 0 saturated heterocycles. The quantitative estimate of drug-likeness (QED) is 0.923. The van der Waals surface area contributed by atoms with Gasteiger partial charge in [0.05, 0.1) is 17.9 Å². The minimum Gasteiger partial charge on any atom is -0.490 e. The van der Waals surface area contributed by atoms with Gasteiger partial charge in [0.2, 0.25) is 0 Å². The highest BCUT2D eigenvalue weighted by Crippen LogP contribution is 2.24. The van der Waals surface area contributed by atoms with Gasteiger partial charge in [-0.05, 0) is 50.3 Å². The number of benzene rings is 1. The Balaban J connectivity index is 1.54. The van der Waals surface area contributed by atoms with Gasteiger partial charge in [0, 0.05) is 19.3 Å². The molecule has 0 spiro atoms. The van der Waals surface area contributed by atoms with Gasteiger partial charge in [-0.25, -0.2) is 0 Å². The minimum atomic E-state index is -0.0955. The molecule has 1 aromatic carbocycles. The Kier molecular flexibility index (Phi) is 4.65. The number of amides is 1. The molecule has 1 N–H and O–H groups in total. The van der Waals surface area contributed by atoms with Crippen LogP contribution in [0.25, 0.3) is 0 Å². The second-order valence-corrected chi connectivity index (χ2v) is 6.12. The third-order valence-electron chi connectivity index (χ3n) is 4.46. The molecule has 1 amide bonds. The van der Waals surface area contributed by atoms with Gasteiger partial charge in [-0.3, -0.25) is 9.48 Å². The molecule has 122 valence electrons. The fourth-order valence-electron chi connectivity index (χ4n) is 2.88. The van der Waals surface area contributed by atoms with Gasteiger partial charge in [-0.2, -0.15) is 5.10 Å². The van der Waals surface area contributed by atoms with Crippen LogP contribution < -0.4 is 10.1 Å². The highest BCUT2D eigenvalue weighted by atomic mass is 16.5. The van der Waals surface area contributed by atoms with E-state index in [-0.39, 0.29) is 5.91 Å². The van der Waals surface area contributed by atoms with Crippen molar-refractivity contribution in [2.45, 2.75) is 45.3 Å². The van der Waals surface area contributed by atoms with Crippen LogP contribution in [0.5, 0.6) is 5.75 Å². The molecule has 1 aliphatic rings. The number of rotatable bonds is 5. The maximum absolute atomic E-state index is 12.2. The lowest BCUT2D eigenvalue weighted by Crippen LogP contribution is -2.23. The van der Waals surface area contributed by atoms with Crippen molar-refractivity contribution in [3.8, 4) is 5.75 Å². The molecule has 0 radical (unpaired) electrons. The van der Waals surface area contributed by atoms with E-state index in [0.29, 0.717) is 18.2 Å². The van der Waals surface area contributed by atoms with Crippen molar-refractivity contribution in [3.63, 3.8) is 0 Å². The zero-order valence-electron chi connectivity index (χ0n) is 13.7. The lowest BCUT2D eigenvalue weighted by Gasteiger charge is -2.13. The van der Waals surface area contributed by atoms with Gasteiger partial charge in [-0.15, -0.1) is 0 Å². The van der Waals surface area contributed by atoms with E-state index in [0.717, 1.165) is 29.8 Å². The van der Waals surface area contributed by atoms with E-state index in [1.165, 1.54) is 12.8 Å². The fourth-order valence-corrected chi connectivity index (χ4v) is 2.88. The molecule has 3 rings (SSSR count). The normalized spacial score (nSPS) is 14.9. The van der Waals surface area contributed by atoms with Crippen LogP contribution in [0.1, 0.15) is 47.3 Å². The fraction of sp³-hybridized carbons (Fsp3) is 0.444. The summed E-state index contributed by atoms with van der Waals surface area (Å²) in [6, 6.07) is 7.96. The summed E-state index contributed by atoms with van der Waals surface area (Å²) in [6.45, 7) is 2.38. The third kappa shape index (κ3) is 3.73. The molecule has 1 aromatic heterocycles. The van der Waals surface area contributed by atoms with Crippen LogP contribution in [0.2, 0.25) is 0 Å². The van der Waals surface area contributed by atoms with Crippen molar-refractivity contribution in [1.82, 2.24) is 15.1 Å². The molecule has 5 nitrogen and oxygen atoms in total. The predicted molar refractivity (Wildman–Crippen MR) is 88.4 cm³/mol. The highest BCUT2D eigenvalue weighted by Gasteiger charge is 2.16. The minimum absolute atomic E-state index is 0.0955. The standard InChI is InChI=1S/C18H23N3O2/c1-13-17(12-20-21(13)2)18(22)19-11-14-7-9-16(10-8-14)23-15-5-3-4-6-15/h7-10,12,15H,3-6,11H2,1-2H3,(H,19,22). The Morgan fingerprint density at radius 3 is 2.61 bits per heavy atom. The van der Waals surface area contributed by atoms with E-state index in [4.69, 9.17) is 4.74 Å². The second kappa shape index (κ2) is 6.86. The summed E-state index contributed by atoms with van der Waals surface area (Å²) in [5.74, 6) is 0.817. The molecule has 1 saturated carbocycles. The third-order valence-corrected chi connectivity index (χ3v) is 4.46. The monoisotopic (exact) mass is 313 g/mol. The zero-order chi connectivity index (χ0) is 16.2. The molecule has 0 aliphatic heterocycles. The van der Waals surface area contributed by atoms with Crippen molar-refractivity contribution < 1.29 is 9.53 Å². The molecule has 1 aliphatic carbocycles. The van der Waals surface area contributed by atoms with Crippen LogP contribution in [0.3, 0.4) is 0 Å². The molecular weight excluding hydrogens is 290 g/mol. The molecule has 0 bridgehead atoms. The van der Waals surface area contributed by atoms with Crippen LogP contribution in [0, 0.1) is 6.92 Å². The first-order valence-corrected chi connectivity index (χ1v) is 8.16. The summed E-state index contributed by atoms with van der Waals surface area (Å²) in [4.78, 5) is 12.2.